The smallest absolute Gasteiger partial charge is 0.0610 e. The minimum atomic E-state index is -0.144. The van der Waals surface area contributed by atoms with Crippen LogP contribution >= 0.6 is 0 Å². The van der Waals surface area contributed by atoms with Crippen LogP contribution in [0.4, 0.5) is 0 Å². The highest BCUT2D eigenvalue weighted by Gasteiger charge is 2.20. The van der Waals surface area contributed by atoms with Gasteiger partial charge in [-0.15, -0.1) is 0 Å². The predicted octanol–water partition coefficient (Wildman–Crippen LogP) is 1.55. The first-order chi connectivity index (χ1) is 6.54. The highest BCUT2D eigenvalue weighted by atomic mass is 16.5. The number of nitrogens with one attached hydrogen (secondary N) is 1. The molecule has 0 aromatic carbocycles. The number of aliphatic hydroxyl groups is 1. The van der Waals surface area contributed by atoms with Crippen molar-refractivity contribution in [3.8, 4) is 0 Å². The fourth-order valence-corrected chi connectivity index (χ4v) is 1.43. The molecule has 1 unspecified atom stereocenters. The second-order valence-corrected chi connectivity index (χ2v) is 4.27. The molecule has 0 heterocycles. The Hall–Kier alpha value is -0.120. The molecule has 3 nitrogen and oxygen atoms in total. The van der Waals surface area contributed by atoms with Crippen molar-refractivity contribution < 1.29 is 9.84 Å². The van der Waals surface area contributed by atoms with E-state index in [9.17, 15) is 5.11 Å². The maximum atomic E-state index is 9.22. The summed E-state index contributed by atoms with van der Waals surface area (Å²) in [7, 11) is 0. The maximum Gasteiger partial charge on any atom is 0.0610 e. The Labute approximate surface area is 87.8 Å². The van der Waals surface area contributed by atoms with Crippen molar-refractivity contribution >= 4 is 0 Å². The summed E-state index contributed by atoms with van der Waals surface area (Å²) < 4.78 is 5.45. The summed E-state index contributed by atoms with van der Waals surface area (Å²) in [5.74, 6) is 0. The van der Waals surface area contributed by atoms with E-state index in [-0.39, 0.29) is 12.1 Å². The molecule has 14 heavy (non-hydrogen) atoms. The van der Waals surface area contributed by atoms with E-state index < -0.39 is 0 Å². The minimum absolute atomic E-state index is 0.144. The topological polar surface area (TPSA) is 41.5 Å². The summed E-state index contributed by atoms with van der Waals surface area (Å²) in [6, 6.07) is 0. The quantitative estimate of drug-likeness (QED) is 0.588. The van der Waals surface area contributed by atoms with Crippen LogP contribution in [-0.4, -0.2) is 36.5 Å². The van der Waals surface area contributed by atoms with Gasteiger partial charge in [-0.25, -0.2) is 0 Å². The standard InChI is InChI=1S/C11H25NO2/c1-5-12-11(4,9-13)7-6-8-14-10(2)3/h10,12-13H,5-9H2,1-4H3. The van der Waals surface area contributed by atoms with Gasteiger partial charge in [0.2, 0.25) is 0 Å². The van der Waals surface area contributed by atoms with Crippen molar-refractivity contribution in [1.82, 2.24) is 5.32 Å². The highest BCUT2D eigenvalue weighted by molar-refractivity contribution is 4.81. The third-order valence-electron chi connectivity index (χ3n) is 2.28. The van der Waals surface area contributed by atoms with E-state index in [1.807, 2.05) is 20.8 Å². The van der Waals surface area contributed by atoms with Gasteiger partial charge in [0, 0.05) is 12.1 Å². The normalized spacial score (nSPS) is 15.9. The van der Waals surface area contributed by atoms with E-state index in [1.165, 1.54) is 0 Å². The second-order valence-electron chi connectivity index (χ2n) is 4.27. The van der Waals surface area contributed by atoms with Gasteiger partial charge in [0.15, 0.2) is 0 Å². The van der Waals surface area contributed by atoms with Crippen LogP contribution in [0, 0.1) is 0 Å². The van der Waals surface area contributed by atoms with Gasteiger partial charge in [0.1, 0.15) is 0 Å². The van der Waals surface area contributed by atoms with Gasteiger partial charge in [0.25, 0.3) is 0 Å². The molecule has 0 fully saturated rings. The third-order valence-corrected chi connectivity index (χ3v) is 2.28. The van der Waals surface area contributed by atoms with E-state index >= 15 is 0 Å². The summed E-state index contributed by atoms with van der Waals surface area (Å²) in [6.45, 7) is 10.0. The van der Waals surface area contributed by atoms with Crippen LogP contribution in [0.15, 0.2) is 0 Å². The molecule has 0 aliphatic heterocycles. The van der Waals surface area contributed by atoms with Gasteiger partial charge in [-0.1, -0.05) is 6.92 Å². The van der Waals surface area contributed by atoms with Crippen molar-refractivity contribution in [3.63, 3.8) is 0 Å². The number of hydrogen-bond donors (Lipinski definition) is 2. The van der Waals surface area contributed by atoms with Crippen LogP contribution in [0.25, 0.3) is 0 Å². The molecular formula is C11H25NO2. The molecular weight excluding hydrogens is 178 g/mol. The van der Waals surface area contributed by atoms with Crippen LogP contribution in [-0.2, 0) is 4.74 Å². The lowest BCUT2D eigenvalue weighted by molar-refractivity contribution is 0.0670. The van der Waals surface area contributed by atoms with Gasteiger partial charge in [-0.3, -0.25) is 0 Å². The molecule has 86 valence electrons. The lowest BCUT2D eigenvalue weighted by atomic mass is 9.97. The summed E-state index contributed by atoms with van der Waals surface area (Å²) in [6.07, 6.45) is 2.24. The number of ether oxygens (including phenoxy) is 1. The molecule has 0 aliphatic carbocycles. The molecule has 0 rings (SSSR count). The zero-order chi connectivity index (χ0) is 11.0. The van der Waals surface area contributed by atoms with E-state index in [2.05, 4.69) is 12.2 Å². The lowest BCUT2D eigenvalue weighted by Crippen LogP contribution is -2.45. The second kappa shape index (κ2) is 7.21. The summed E-state index contributed by atoms with van der Waals surface area (Å²) in [5, 5.41) is 12.5. The molecule has 1 atom stereocenters. The molecule has 0 amide bonds. The van der Waals surface area contributed by atoms with E-state index in [4.69, 9.17) is 4.74 Å². The highest BCUT2D eigenvalue weighted by Crippen LogP contribution is 2.11. The molecule has 0 bridgehead atoms. The molecule has 3 heteroatoms. The van der Waals surface area contributed by atoms with Crippen molar-refractivity contribution in [2.24, 2.45) is 0 Å². The van der Waals surface area contributed by atoms with Crippen molar-refractivity contribution in [2.75, 3.05) is 19.8 Å². The monoisotopic (exact) mass is 203 g/mol. The van der Waals surface area contributed by atoms with Gasteiger partial charge in [-0.05, 0) is 40.2 Å². The molecule has 0 aromatic rings. The first-order valence-corrected chi connectivity index (χ1v) is 5.51. The van der Waals surface area contributed by atoms with Crippen molar-refractivity contribution in [3.05, 3.63) is 0 Å². The van der Waals surface area contributed by atoms with Crippen LogP contribution in [0.1, 0.15) is 40.5 Å². The maximum absolute atomic E-state index is 9.22. The largest absolute Gasteiger partial charge is 0.394 e. The molecule has 0 aliphatic rings. The van der Waals surface area contributed by atoms with Crippen molar-refractivity contribution in [2.45, 2.75) is 52.2 Å². The van der Waals surface area contributed by atoms with E-state index in [0.717, 1.165) is 26.0 Å². The number of aliphatic hydroxyl groups excluding tert-OH is 1. The SMILES string of the molecule is CCNC(C)(CO)CCCOC(C)C. The predicted molar refractivity (Wildman–Crippen MR) is 59.5 cm³/mol. The van der Waals surface area contributed by atoms with Crippen LogP contribution in [0.5, 0.6) is 0 Å². The van der Waals surface area contributed by atoms with Crippen LogP contribution in [0.2, 0.25) is 0 Å². The van der Waals surface area contributed by atoms with Crippen LogP contribution in [0.3, 0.4) is 0 Å². The van der Waals surface area contributed by atoms with Crippen molar-refractivity contribution in [1.29, 1.82) is 0 Å². The fraction of sp³-hybridized carbons (Fsp3) is 1.00. The summed E-state index contributed by atoms with van der Waals surface area (Å²) in [5.41, 5.74) is -0.144. The summed E-state index contributed by atoms with van der Waals surface area (Å²) >= 11 is 0. The first kappa shape index (κ1) is 13.9. The Morgan fingerprint density at radius 3 is 2.50 bits per heavy atom. The summed E-state index contributed by atoms with van der Waals surface area (Å²) in [4.78, 5) is 0. The minimum Gasteiger partial charge on any atom is -0.394 e. The number of rotatable bonds is 8. The third kappa shape index (κ3) is 6.35. The number of hydrogen-bond acceptors (Lipinski definition) is 3. The Bertz CT molecular complexity index is 139. The van der Waals surface area contributed by atoms with E-state index in [0.29, 0.717) is 6.10 Å². The Morgan fingerprint density at radius 1 is 1.43 bits per heavy atom. The average Bonchev–Trinajstić information content (AvgIpc) is 2.13. The Balaban J connectivity index is 3.61. The molecule has 0 saturated heterocycles. The van der Waals surface area contributed by atoms with Gasteiger partial charge in [0.05, 0.1) is 12.7 Å². The molecule has 2 N–H and O–H groups in total. The molecule has 0 radical (unpaired) electrons. The lowest BCUT2D eigenvalue weighted by Gasteiger charge is -2.28. The van der Waals surface area contributed by atoms with Crippen LogP contribution < -0.4 is 5.32 Å². The van der Waals surface area contributed by atoms with Gasteiger partial charge >= 0.3 is 0 Å². The first-order valence-electron chi connectivity index (χ1n) is 5.51. The Morgan fingerprint density at radius 2 is 2.07 bits per heavy atom. The molecule has 0 aromatic heterocycles. The molecule has 0 spiro atoms. The molecule has 0 saturated carbocycles. The average molecular weight is 203 g/mol. The van der Waals surface area contributed by atoms with E-state index in [1.54, 1.807) is 0 Å². The van der Waals surface area contributed by atoms with Gasteiger partial charge < -0.3 is 15.2 Å². The zero-order valence-corrected chi connectivity index (χ0v) is 9.97. The fourth-order valence-electron chi connectivity index (χ4n) is 1.43. The van der Waals surface area contributed by atoms with Gasteiger partial charge in [-0.2, -0.15) is 0 Å². The Kier molecular flexibility index (Phi) is 7.15. The zero-order valence-electron chi connectivity index (χ0n) is 9.97. The number of likely N-dealkylation sites (N-methyl/N-ethyl adjacent to an activating group) is 1.